The van der Waals surface area contributed by atoms with Crippen molar-refractivity contribution in [2.45, 2.75) is 45.7 Å². The van der Waals surface area contributed by atoms with Crippen LogP contribution in [0.4, 0.5) is 0 Å². The predicted octanol–water partition coefficient (Wildman–Crippen LogP) is 5.86. The van der Waals surface area contributed by atoms with Gasteiger partial charge in [-0.15, -0.1) is 0 Å². The van der Waals surface area contributed by atoms with Crippen molar-refractivity contribution in [2.75, 3.05) is 13.2 Å². The second-order valence-corrected chi connectivity index (χ2v) is 8.84. The molecule has 2 rings (SSSR count). The summed E-state index contributed by atoms with van der Waals surface area (Å²) in [6.07, 6.45) is 2.35. The molecular weight excluding hydrogens is 503 g/mol. The zero-order chi connectivity index (χ0) is 22.8. The smallest absolute Gasteiger partial charge is 0.261 e. The van der Waals surface area contributed by atoms with Gasteiger partial charge in [-0.3, -0.25) is 9.59 Å². The molecule has 0 unspecified atom stereocenters. The largest absolute Gasteiger partial charge is 0.482 e. The van der Waals surface area contributed by atoms with E-state index in [-0.39, 0.29) is 25.0 Å². The minimum Gasteiger partial charge on any atom is -0.482 e. The van der Waals surface area contributed by atoms with Crippen LogP contribution in [-0.4, -0.2) is 35.9 Å². The summed E-state index contributed by atoms with van der Waals surface area (Å²) < 4.78 is 6.48. The van der Waals surface area contributed by atoms with Gasteiger partial charge in [0.25, 0.3) is 5.91 Å². The molecule has 1 atom stereocenters. The Balaban J connectivity index is 2.18. The highest BCUT2D eigenvalue weighted by Gasteiger charge is 2.29. The number of amides is 2. The van der Waals surface area contributed by atoms with Gasteiger partial charge in [-0.2, -0.15) is 0 Å². The first-order valence-electron chi connectivity index (χ1n) is 10.2. The van der Waals surface area contributed by atoms with Gasteiger partial charge < -0.3 is 15.0 Å². The number of nitrogens with zero attached hydrogens (tertiary/aromatic N) is 1. The number of carbonyl (C=O) groups is 2. The number of hydrogen-bond donors (Lipinski definition) is 1. The van der Waals surface area contributed by atoms with E-state index < -0.39 is 6.04 Å². The highest BCUT2D eigenvalue weighted by molar-refractivity contribution is 9.10. The number of benzene rings is 2. The van der Waals surface area contributed by atoms with Gasteiger partial charge in [0.15, 0.2) is 6.61 Å². The monoisotopic (exact) mass is 528 g/mol. The van der Waals surface area contributed by atoms with E-state index in [0.29, 0.717) is 28.8 Å². The van der Waals surface area contributed by atoms with E-state index in [1.165, 1.54) is 0 Å². The lowest BCUT2D eigenvalue weighted by Crippen LogP contribution is -2.50. The molecule has 0 aliphatic heterocycles. The van der Waals surface area contributed by atoms with Crippen LogP contribution >= 0.6 is 39.1 Å². The van der Waals surface area contributed by atoms with Crippen LogP contribution in [0.25, 0.3) is 0 Å². The summed E-state index contributed by atoms with van der Waals surface area (Å²) in [4.78, 5) is 27.5. The van der Waals surface area contributed by atoms with Crippen molar-refractivity contribution in [1.29, 1.82) is 0 Å². The van der Waals surface area contributed by atoms with E-state index in [1.54, 1.807) is 35.2 Å². The molecular formula is C23H27BrCl2N2O3. The number of nitrogens with one attached hydrogen (secondary N) is 1. The van der Waals surface area contributed by atoms with Gasteiger partial charge in [-0.1, -0.05) is 71.5 Å². The van der Waals surface area contributed by atoms with Crippen molar-refractivity contribution in [3.8, 4) is 5.75 Å². The Bertz CT molecular complexity index is 878. The van der Waals surface area contributed by atoms with Crippen LogP contribution in [0.5, 0.6) is 5.75 Å². The Kier molecular flexibility index (Phi) is 10.6. The lowest BCUT2D eigenvalue weighted by molar-refractivity contribution is -0.143. The maximum Gasteiger partial charge on any atom is 0.261 e. The van der Waals surface area contributed by atoms with E-state index in [2.05, 4.69) is 28.2 Å². The van der Waals surface area contributed by atoms with E-state index in [1.807, 2.05) is 19.1 Å². The summed E-state index contributed by atoms with van der Waals surface area (Å²) in [6.45, 7) is 4.57. The summed E-state index contributed by atoms with van der Waals surface area (Å²) >= 11 is 15.5. The number of hydrogen-bond acceptors (Lipinski definition) is 3. The molecule has 0 heterocycles. The van der Waals surface area contributed by atoms with Crippen molar-refractivity contribution >= 4 is 50.9 Å². The van der Waals surface area contributed by atoms with E-state index >= 15 is 0 Å². The Hall–Kier alpha value is -1.76. The molecule has 2 aromatic rings. The topological polar surface area (TPSA) is 58.6 Å². The van der Waals surface area contributed by atoms with Crippen LogP contribution in [0.1, 0.15) is 38.7 Å². The molecule has 0 saturated carbocycles. The molecule has 2 amide bonds. The van der Waals surface area contributed by atoms with Crippen LogP contribution in [0, 0.1) is 0 Å². The lowest BCUT2D eigenvalue weighted by Gasteiger charge is -2.30. The molecule has 8 heteroatoms. The third kappa shape index (κ3) is 8.02. The molecule has 0 saturated heterocycles. The molecule has 0 aliphatic carbocycles. The first-order valence-corrected chi connectivity index (χ1v) is 11.8. The fraction of sp³-hybridized carbons (Fsp3) is 0.391. The van der Waals surface area contributed by atoms with Gasteiger partial charge in [0, 0.05) is 22.6 Å². The maximum absolute atomic E-state index is 13.1. The zero-order valence-corrected chi connectivity index (χ0v) is 20.8. The van der Waals surface area contributed by atoms with Crippen LogP contribution in [0.2, 0.25) is 10.0 Å². The highest BCUT2D eigenvalue weighted by Crippen LogP contribution is 2.28. The first kappa shape index (κ1) is 25.5. The molecule has 0 spiro atoms. The number of ether oxygens (including phenoxy) is 1. The highest BCUT2D eigenvalue weighted by atomic mass is 79.9. The van der Waals surface area contributed by atoms with Crippen molar-refractivity contribution in [1.82, 2.24) is 10.2 Å². The molecule has 5 nitrogen and oxygen atoms in total. The summed E-state index contributed by atoms with van der Waals surface area (Å²) in [5.41, 5.74) is 0.874. The molecule has 0 bridgehead atoms. The van der Waals surface area contributed by atoms with E-state index in [9.17, 15) is 9.59 Å². The summed E-state index contributed by atoms with van der Waals surface area (Å²) in [7, 11) is 0. The first-order chi connectivity index (χ1) is 14.8. The van der Waals surface area contributed by atoms with Crippen LogP contribution < -0.4 is 10.1 Å². The standard InChI is InChI=1S/C23H27BrCl2N2O3/c1-3-5-12-27-23(30)20(4-2)28(14-16-6-9-18(25)10-7-16)22(29)15-31-21-11-8-17(24)13-19(21)26/h6-11,13,20H,3-5,12,14-15H2,1-2H3,(H,27,30)/t20-/m0/s1. The summed E-state index contributed by atoms with van der Waals surface area (Å²) in [5, 5.41) is 3.94. The summed E-state index contributed by atoms with van der Waals surface area (Å²) in [5.74, 6) is -0.0588. The number of carbonyl (C=O) groups excluding carboxylic acids is 2. The fourth-order valence-electron chi connectivity index (χ4n) is 3.03. The molecule has 0 fully saturated rings. The minimum absolute atomic E-state index is 0.167. The average Bonchev–Trinajstić information content (AvgIpc) is 2.74. The third-order valence-corrected chi connectivity index (χ3v) is 5.77. The van der Waals surface area contributed by atoms with E-state index in [0.717, 1.165) is 22.9 Å². The van der Waals surface area contributed by atoms with Crippen LogP contribution in [-0.2, 0) is 16.1 Å². The Morgan fingerprint density at radius 3 is 2.45 bits per heavy atom. The summed E-state index contributed by atoms with van der Waals surface area (Å²) in [6, 6.07) is 11.8. The van der Waals surface area contributed by atoms with Gasteiger partial charge in [-0.05, 0) is 48.7 Å². The number of rotatable bonds is 11. The van der Waals surface area contributed by atoms with Gasteiger partial charge in [-0.25, -0.2) is 0 Å². The van der Waals surface area contributed by atoms with Crippen LogP contribution in [0.3, 0.4) is 0 Å². The normalized spacial score (nSPS) is 11.6. The number of halogens is 3. The van der Waals surface area contributed by atoms with Crippen LogP contribution in [0.15, 0.2) is 46.9 Å². The maximum atomic E-state index is 13.1. The minimum atomic E-state index is -0.607. The van der Waals surface area contributed by atoms with E-state index in [4.69, 9.17) is 27.9 Å². The Morgan fingerprint density at radius 2 is 1.84 bits per heavy atom. The van der Waals surface area contributed by atoms with Crippen molar-refractivity contribution in [3.05, 3.63) is 62.5 Å². The number of unbranched alkanes of at least 4 members (excludes halogenated alkanes) is 1. The Morgan fingerprint density at radius 1 is 1.13 bits per heavy atom. The van der Waals surface area contributed by atoms with Crippen molar-refractivity contribution in [2.24, 2.45) is 0 Å². The average molecular weight is 530 g/mol. The SMILES string of the molecule is CCCCNC(=O)[C@H](CC)N(Cc1ccc(Cl)cc1)C(=O)COc1ccc(Br)cc1Cl. The van der Waals surface area contributed by atoms with Gasteiger partial charge in [0.05, 0.1) is 5.02 Å². The van der Waals surface area contributed by atoms with Crippen molar-refractivity contribution < 1.29 is 14.3 Å². The third-order valence-electron chi connectivity index (χ3n) is 4.73. The lowest BCUT2D eigenvalue weighted by atomic mass is 10.1. The van der Waals surface area contributed by atoms with Gasteiger partial charge in [0.1, 0.15) is 11.8 Å². The second kappa shape index (κ2) is 12.9. The molecule has 0 radical (unpaired) electrons. The van der Waals surface area contributed by atoms with Gasteiger partial charge >= 0.3 is 0 Å². The molecule has 31 heavy (non-hydrogen) atoms. The second-order valence-electron chi connectivity index (χ2n) is 7.08. The zero-order valence-electron chi connectivity index (χ0n) is 17.7. The molecule has 0 aliphatic rings. The van der Waals surface area contributed by atoms with Gasteiger partial charge in [0.2, 0.25) is 5.91 Å². The quantitative estimate of drug-likeness (QED) is 0.371. The Labute approximate surface area is 202 Å². The van der Waals surface area contributed by atoms with Crippen molar-refractivity contribution in [3.63, 3.8) is 0 Å². The molecule has 0 aromatic heterocycles. The molecule has 2 aromatic carbocycles. The molecule has 168 valence electrons. The predicted molar refractivity (Wildman–Crippen MR) is 129 cm³/mol. The fourth-order valence-corrected chi connectivity index (χ4v) is 3.88. The molecule has 1 N–H and O–H groups in total.